The molecular formula is C14H28N2O2. The number of carbonyl (C=O) groups excluding carboxylic acids is 1. The van der Waals surface area contributed by atoms with Gasteiger partial charge in [-0.2, -0.15) is 0 Å². The lowest BCUT2D eigenvalue weighted by atomic mass is 9.99. The maximum Gasteiger partial charge on any atom is 0.241 e. The standard InChI is InChI=1S/C14H28N2O2/c1-6-11(4)13-14(17)16(12(5)15-13)7-8-18-9-10(2)3/h10-13,15H,6-9H2,1-5H3. The monoisotopic (exact) mass is 256 g/mol. The fourth-order valence-corrected chi connectivity index (χ4v) is 2.22. The van der Waals surface area contributed by atoms with Crippen molar-refractivity contribution in [3.05, 3.63) is 0 Å². The van der Waals surface area contributed by atoms with E-state index >= 15 is 0 Å². The van der Waals surface area contributed by atoms with Gasteiger partial charge in [0.1, 0.15) is 0 Å². The molecule has 0 saturated carbocycles. The van der Waals surface area contributed by atoms with Gasteiger partial charge in [-0.15, -0.1) is 0 Å². The molecule has 0 aromatic rings. The molecular weight excluding hydrogens is 228 g/mol. The quantitative estimate of drug-likeness (QED) is 0.707. The summed E-state index contributed by atoms with van der Waals surface area (Å²) in [6.07, 6.45) is 1.15. The summed E-state index contributed by atoms with van der Waals surface area (Å²) in [5.74, 6) is 1.16. The van der Waals surface area contributed by atoms with E-state index in [0.29, 0.717) is 25.0 Å². The van der Waals surface area contributed by atoms with Crippen LogP contribution >= 0.6 is 0 Å². The third-order valence-electron chi connectivity index (χ3n) is 3.58. The number of nitrogens with one attached hydrogen (secondary N) is 1. The van der Waals surface area contributed by atoms with Gasteiger partial charge in [-0.1, -0.05) is 34.1 Å². The van der Waals surface area contributed by atoms with Crippen molar-refractivity contribution in [2.45, 2.75) is 53.2 Å². The Morgan fingerprint density at radius 1 is 1.39 bits per heavy atom. The molecule has 106 valence electrons. The van der Waals surface area contributed by atoms with Gasteiger partial charge < -0.3 is 9.64 Å². The van der Waals surface area contributed by atoms with Crippen LogP contribution in [0, 0.1) is 11.8 Å². The topological polar surface area (TPSA) is 41.6 Å². The number of hydrogen-bond donors (Lipinski definition) is 1. The minimum atomic E-state index is -0.0184. The molecule has 4 nitrogen and oxygen atoms in total. The highest BCUT2D eigenvalue weighted by atomic mass is 16.5. The second-order valence-electron chi connectivity index (χ2n) is 5.71. The van der Waals surface area contributed by atoms with Gasteiger partial charge in [0.2, 0.25) is 5.91 Å². The van der Waals surface area contributed by atoms with Crippen molar-refractivity contribution in [2.75, 3.05) is 19.8 Å². The van der Waals surface area contributed by atoms with Crippen molar-refractivity contribution in [1.82, 2.24) is 10.2 Å². The molecule has 0 aliphatic carbocycles. The van der Waals surface area contributed by atoms with Crippen LogP contribution in [0.2, 0.25) is 0 Å². The SMILES string of the molecule is CCC(C)C1NC(C)N(CCOCC(C)C)C1=O. The molecule has 1 fully saturated rings. The maximum atomic E-state index is 12.3. The largest absolute Gasteiger partial charge is 0.379 e. The van der Waals surface area contributed by atoms with E-state index in [0.717, 1.165) is 13.0 Å². The van der Waals surface area contributed by atoms with Crippen molar-refractivity contribution < 1.29 is 9.53 Å². The van der Waals surface area contributed by atoms with Crippen LogP contribution in [0.4, 0.5) is 0 Å². The average molecular weight is 256 g/mol. The van der Waals surface area contributed by atoms with E-state index in [9.17, 15) is 4.79 Å². The molecule has 1 aliphatic rings. The number of hydrogen-bond acceptors (Lipinski definition) is 3. The van der Waals surface area contributed by atoms with Crippen molar-refractivity contribution in [3.8, 4) is 0 Å². The lowest BCUT2D eigenvalue weighted by Gasteiger charge is -2.21. The lowest BCUT2D eigenvalue weighted by molar-refractivity contribution is -0.131. The van der Waals surface area contributed by atoms with E-state index in [1.165, 1.54) is 0 Å². The van der Waals surface area contributed by atoms with E-state index in [4.69, 9.17) is 4.74 Å². The predicted molar refractivity (Wildman–Crippen MR) is 73.2 cm³/mol. The van der Waals surface area contributed by atoms with Gasteiger partial charge in [0.05, 0.1) is 18.8 Å². The Hall–Kier alpha value is -0.610. The lowest BCUT2D eigenvalue weighted by Crippen LogP contribution is -2.37. The first-order chi connectivity index (χ1) is 8.47. The molecule has 4 heteroatoms. The Balaban J connectivity index is 2.39. The van der Waals surface area contributed by atoms with E-state index in [-0.39, 0.29) is 18.1 Å². The number of ether oxygens (including phenoxy) is 1. The Labute approximate surface area is 111 Å². The molecule has 1 rings (SSSR count). The van der Waals surface area contributed by atoms with E-state index < -0.39 is 0 Å². The predicted octanol–water partition coefficient (Wildman–Crippen LogP) is 1.85. The van der Waals surface area contributed by atoms with Gasteiger partial charge in [0.15, 0.2) is 0 Å². The third kappa shape index (κ3) is 3.95. The molecule has 3 unspecified atom stereocenters. The van der Waals surface area contributed by atoms with Gasteiger partial charge in [0, 0.05) is 13.2 Å². The first kappa shape index (κ1) is 15.4. The van der Waals surface area contributed by atoms with Crippen molar-refractivity contribution in [1.29, 1.82) is 0 Å². The van der Waals surface area contributed by atoms with Crippen LogP contribution in [0.15, 0.2) is 0 Å². The normalized spacial score (nSPS) is 26.1. The van der Waals surface area contributed by atoms with Crippen LogP contribution in [0.25, 0.3) is 0 Å². The van der Waals surface area contributed by atoms with Crippen LogP contribution in [-0.2, 0) is 9.53 Å². The summed E-state index contributed by atoms with van der Waals surface area (Å²) in [6.45, 7) is 12.6. The van der Waals surface area contributed by atoms with E-state index in [1.54, 1.807) is 0 Å². The summed E-state index contributed by atoms with van der Waals surface area (Å²) < 4.78 is 5.55. The third-order valence-corrected chi connectivity index (χ3v) is 3.58. The highest BCUT2D eigenvalue weighted by Crippen LogP contribution is 2.18. The molecule has 0 spiro atoms. The molecule has 0 aromatic carbocycles. The van der Waals surface area contributed by atoms with Crippen LogP contribution in [0.3, 0.4) is 0 Å². The fraction of sp³-hybridized carbons (Fsp3) is 0.929. The molecule has 0 bridgehead atoms. The summed E-state index contributed by atoms with van der Waals surface area (Å²) in [4.78, 5) is 14.2. The van der Waals surface area contributed by atoms with Crippen molar-refractivity contribution >= 4 is 5.91 Å². The molecule has 0 aromatic heterocycles. The second-order valence-corrected chi connectivity index (χ2v) is 5.71. The first-order valence-electron chi connectivity index (χ1n) is 7.11. The van der Waals surface area contributed by atoms with Gasteiger partial charge in [-0.3, -0.25) is 10.1 Å². The zero-order valence-corrected chi connectivity index (χ0v) is 12.4. The molecule has 0 radical (unpaired) electrons. The second kappa shape index (κ2) is 7.10. The van der Waals surface area contributed by atoms with Crippen LogP contribution in [0.1, 0.15) is 41.0 Å². The summed E-state index contributed by atoms with van der Waals surface area (Å²) in [5, 5.41) is 3.37. The Kier molecular flexibility index (Phi) is 6.09. The summed E-state index contributed by atoms with van der Waals surface area (Å²) in [6, 6.07) is -0.0184. The average Bonchev–Trinajstić information content (AvgIpc) is 2.60. The van der Waals surface area contributed by atoms with Crippen molar-refractivity contribution in [3.63, 3.8) is 0 Å². The highest BCUT2D eigenvalue weighted by Gasteiger charge is 2.38. The highest BCUT2D eigenvalue weighted by molar-refractivity contribution is 5.84. The first-order valence-corrected chi connectivity index (χ1v) is 7.11. The van der Waals surface area contributed by atoms with Crippen LogP contribution < -0.4 is 5.32 Å². The fourth-order valence-electron chi connectivity index (χ4n) is 2.22. The van der Waals surface area contributed by atoms with Crippen molar-refractivity contribution in [2.24, 2.45) is 11.8 Å². The number of amides is 1. The molecule has 1 heterocycles. The number of nitrogens with zero attached hydrogens (tertiary/aromatic N) is 1. The van der Waals surface area contributed by atoms with Gasteiger partial charge >= 0.3 is 0 Å². The minimum Gasteiger partial charge on any atom is -0.379 e. The zero-order valence-electron chi connectivity index (χ0n) is 12.4. The Bertz CT molecular complexity index is 269. The summed E-state index contributed by atoms with van der Waals surface area (Å²) in [7, 11) is 0. The molecule has 1 amide bonds. The maximum absolute atomic E-state index is 12.3. The smallest absolute Gasteiger partial charge is 0.241 e. The Morgan fingerprint density at radius 3 is 2.61 bits per heavy atom. The van der Waals surface area contributed by atoms with Gasteiger partial charge in [-0.25, -0.2) is 0 Å². The van der Waals surface area contributed by atoms with Crippen LogP contribution in [-0.4, -0.2) is 42.8 Å². The zero-order chi connectivity index (χ0) is 13.7. The van der Waals surface area contributed by atoms with Crippen LogP contribution in [0.5, 0.6) is 0 Å². The minimum absolute atomic E-state index is 0.0184. The molecule has 18 heavy (non-hydrogen) atoms. The number of carbonyl (C=O) groups is 1. The summed E-state index contributed by atoms with van der Waals surface area (Å²) >= 11 is 0. The Morgan fingerprint density at radius 2 is 2.06 bits per heavy atom. The van der Waals surface area contributed by atoms with E-state index in [2.05, 4.69) is 33.0 Å². The molecule has 1 saturated heterocycles. The van der Waals surface area contributed by atoms with Gasteiger partial charge in [0.25, 0.3) is 0 Å². The summed E-state index contributed by atoms with van der Waals surface area (Å²) in [5.41, 5.74) is 0. The molecule has 1 N–H and O–H groups in total. The van der Waals surface area contributed by atoms with Gasteiger partial charge in [-0.05, 0) is 18.8 Å². The molecule has 3 atom stereocenters. The van der Waals surface area contributed by atoms with E-state index in [1.807, 2.05) is 11.8 Å². The molecule has 1 aliphatic heterocycles. The number of rotatable bonds is 7.